The first-order valence-electron chi connectivity index (χ1n) is 7.12. The van der Waals surface area contributed by atoms with E-state index in [1.165, 1.54) is 30.5 Å². The van der Waals surface area contributed by atoms with Crippen molar-refractivity contribution < 1.29 is 23.5 Å². The number of nitrogens with one attached hydrogen (secondary N) is 1. The number of benzene rings is 1. The largest absolute Gasteiger partial charge is 0.466 e. The van der Waals surface area contributed by atoms with Gasteiger partial charge in [0.2, 0.25) is 5.91 Å². The normalized spacial score (nSPS) is 10.1. The predicted octanol–water partition coefficient (Wildman–Crippen LogP) is 2.49. The Labute approximate surface area is 137 Å². The highest BCUT2D eigenvalue weighted by atomic mass is 19.1. The summed E-state index contributed by atoms with van der Waals surface area (Å²) in [5.74, 6) is -1.38. The lowest BCUT2D eigenvalue weighted by Crippen LogP contribution is -2.18. The van der Waals surface area contributed by atoms with E-state index in [4.69, 9.17) is 10.5 Å². The quantitative estimate of drug-likeness (QED) is 0.622. The molecular formula is C16H16FN3O4. The number of hydrogen-bond donors (Lipinski definition) is 2. The number of halogens is 1. The highest BCUT2D eigenvalue weighted by Gasteiger charge is 2.12. The number of nitrogens with zero attached hydrogens (tertiary/aromatic N) is 1. The van der Waals surface area contributed by atoms with Crippen LogP contribution in [0.5, 0.6) is 11.5 Å². The summed E-state index contributed by atoms with van der Waals surface area (Å²) in [6.45, 7) is 1.83. The molecule has 0 unspecified atom stereocenters. The van der Waals surface area contributed by atoms with Gasteiger partial charge < -0.3 is 20.5 Å². The lowest BCUT2D eigenvalue weighted by atomic mass is 10.2. The molecule has 0 spiro atoms. The minimum absolute atomic E-state index is 0.0380. The Kier molecular flexibility index (Phi) is 5.67. The molecule has 0 radical (unpaired) electrons. The topological polar surface area (TPSA) is 104 Å². The van der Waals surface area contributed by atoms with Crippen LogP contribution in [0.15, 0.2) is 36.5 Å². The minimum atomic E-state index is -0.681. The Hall–Kier alpha value is -3.16. The van der Waals surface area contributed by atoms with Crippen molar-refractivity contribution >= 4 is 23.4 Å². The van der Waals surface area contributed by atoms with Crippen LogP contribution in [-0.2, 0) is 14.3 Å². The number of aromatic nitrogens is 1. The van der Waals surface area contributed by atoms with Gasteiger partial charge in [-0.2, -0.15) is 0 Å². The molecule has 0 bridgehead atoms. The molecule has 0 fully saturated rings. The second-order valence-electron chi connectivity index (χ2n) is 4.69. The zero-order valence-electron chi connectivity index (χ0n) is 12.9. The molecule has 7 nitrogen and oxygen atoms in total. The molecule has 0 aliphatic heterocycles. The summed E-state index contributed by atoms with van der Waals surface area (Å²) >= 11 is 0. The predicted molar refractivity (Wildman–Crippen MR) is 85.0 cm³/mol. The molecular weight excluding hydrogens is 317 g/mol. The standard InChI is InChI=1S/C16H16FN3O4/c1-2-23-16(22)9-15(21)20-10-3-4-13(12(17)7-10)24-11-5-6-19-14(18)8-11/h3-8H,2,9H2,1H3,(H2,18,19)(H,20,21). The lowest BCUT2D eigenvalue weighted by Gasteiger charge is -2.09. The van der Waals surface area contributed by atoms with Gasteiger partial charge in [-0.15, -0.1) is 0 Å². The number of hydrogen-bond acceptors (Lipinski definition) is 6. The molecule has 0 saturated heterocycles. The van der Waals surface area contributed by atoms with Crippen LogP contribution < -0.4 is 15.8 Å². The molecule has 3 N–H and O–H groups in total. The molecule has 0 atom stereocenters. The summed E-state index contributed by atoms with van der Waals surface area (Å²) in [6.07, 6.45) is 0.997. The fraction of sp³-hybridized carbons (Fsp3) is 0.188. The number of esters is 1. The minimum Gasteiger partial charge on any atom is -0.466 e. The number of nitrogens with two attached hydrogens (primary N) is 1. The Bertz CT molecular complexity index is 752. The maximum atomic E-state index is 14.1. The SMILES string of the molecule is CCOC(=O)CC(=O)Nc1ccc(Oc2ccnc(N)c2)c(F)c1. The van der Waals surface area contributed by atoms with Crippen LogP contribution in [0.25, 0.3) is 0 Å². The number of carbonyl (C=O) groups excluding carboxylic acids is 2. The molecule has 24 heavy (non-hydrogen) atoms. The Morgan fingerprint density at radius 1 is 1.29 bits per heavy atom. The van der Waals surface area contributed by atoms with Crippen LogP contribution in [-0.4, -0.2) is 23.5 Å². The van der Waals surface area contributed by atoms with Crippen LogP contribution in [0, 0.1) is 5.82 Å². The van der Waals surface area contributed by atoms with E-state index in [0.717, 1.165) is 6.07 Å². The second kappa shape index (κ2) is 7.91. The number of nitrogen functional groups attached to an aromatic ring is 1. The van der Waals surface area contributed by atoms with Gasteiger partial charge in [-0.3, -0.25) is 9.59 Å². The molecule has 1 heterocycles. The molecule has 1 amide bonds. The number of anilines is 2. The van der Waals surface area contributed by atoms with Crippen molar-refractivity contribution in [3.8, 4) is 11.5 Å². The van der Waals surface area contributed by atoms with Gasteiger partial charge in [0.05, 0.1) is 6.61 Å². The van der Waals surface area contributed by atoms with Gasteiger partial charge >= 0.3 is 5.97 Å². The molecule has 1 aromatic heterocycles. The number of ether oxygens (including phenoxy) is 2. The van der Waals surface area contributed by atoms with Crippen LogP contribution in [0.2, 0.25) is 0 Å². The molecule has 0 saturated carbocycles. The fourth-order valence-electron chi connectivity index (χ4n) is 1.83. The lowest BCUT2D eigenvalue weighted by molar-refractivity contribution is -0.145. The summed E-state index contributed by atoms with van der Waals surface area (Å²) in [5.41, 5.74) is 5.72. The van der Waals surface area contributed by atoms with Crippen molar-refractivity contribution in [3.63, 3.8) is 0 Å². The second-order valence-corrected chi connectivity index (χ2v) is 4.69. The van der Waals surface area contributed by atoms with Gasteiger partial charge in [-0.05, 0) is 25.1 Å². The van der Waals surface area contributed by atoms with Crippen LogP contribution >= 0.6 is 0 Å². The average molecular weight is 333 g/mol. The zero-order valence-corrected chi connectivity index (χ0v) is 12.9. The number of carbonyl (C=O) groups is 2. The third-order valence-corrected chi connectivity index (χ3v) is 2.81. The number of pyridine rings is 1. The average Bonchev–Trinajstić information content (AvgIpc) is 2.50. The summed E-state index contributed by atoms with van der Waals surface area (Å²) in [4.78, 5) is 26.6. The van der Waals surface area contributed by atoms with Crippen molar-refractivity contribution in [1.82, 2.24) is 4.98 Å². The molecule has 0 aliphatic rings. The maximum Gasteiger partial charge on any atom is 0.315 e. The van der Waals surface area contributed by atoms with Gasteiger partial charge in [-0.1, -0.05) is 0 Å². The third kappa shape index (κ3) is 4.94. The molecule has 126 valence electrons. The number of amides is 1. The van der Waals surface area contributed by atoms with Gasteiger partial charge in [0.15, 0.2) is 11.6 Å². The van der Waals surface area contributed by atoms with Gasteiger partial charge in [0.1, 0.15) is 18.0 Å². The first-order valence-corrected chi connectivity index (χ1v) is 7.12. The van der Waals surface area contributed by atoms with E-state index in [2.05, 4.69) is 15.0 Å². The third-order valence-electron chi connectivity index (χ3n) is 2.81. The molecule has 2 rings (SSSR count). The van der Waals surface area contributed by atoms with Gasteiger partial charge in [-0.25, -0.2) is 9.37 Å². The van der Waals surface area contributed by atoms with E-state index in [1.54, 1.807) is 6.92 Å². The van der Waals surface area contributed by atoms with E-state index in [9.17, 15) is 14.0 Å². The Balaban J connectivity index is 2.01. The van der Waals surface area contributed by atoms with Gasteiger partial charge in [0.25, 0.3) is 0 Å². The molecule has 0 aliphatic carbocycles. The Morgan fingerprint density at radius 3 is 2.75 bits per heavy atom. The van der Waals surface area contributed by atoms with Crippen LogP contribution in [0.4, 0.5) is 15.9 Å². The van der Waals surface area contributed by atoms with E-state index < -0.39 is 24.1 Å². The van der Waals surface area contributed by atoms with Crippen molar-refractivity contribution in [2.45, 2.75) is 13.3 Å². The van der Waals surface area contributed by atoms with Crippen molar-refractivity contribution in [2.75, 3.05) is 17.7 Å². The zero-order chi connectivity index (χ0) is 17.5. The van der Waals surface area contributed by atoms with E-state index in [1.807, 2.05) is 0 Å². The highest BCUT2D eigenvalue weighted by Crippen LogP contribution is 2.27. The first-order chi connectivity index (χ1) is 11.5. The first kappa shape index (κ1) is 17.2. The van der Waals surface area contributed by atoms with Crippen LogP contribution in [0.1, 0.15) is 13.3 Å². The van der Waals surface area contributed by atoms with E-state index in [-0.39, 0.29) is 23.9 Å². The highest BCUT2D eigenvalue weighted by molar-refractivity contribution is 6.01. The van der Waals surface area contributed by atoms with Crippen molar-refractivity contribution in [3.05, 3.63) is 42.3 Å². The Morgan fingerprint density at radius 2 is 2.08 bits per heavy atom. The van der Waals surface area contributed by atoms with Crippen molar-refractivity contribution in [1.29, 1.82) is 0 Å². The summed E-state index contributed by atoms with van der Waals surface area (Å²) in [7, 11) is 0. The van der Waals surface area contributed by atoms with Crippen LogP contribution in [0.3, 0.4) is 0 Å². The maximum absolute atomic E-state index is 14.1. The smallest absolute Gasteiger partial charge is 0.315 e. The number of rotatable bonds is 6. The summed E-state index contributed by atoms with van der Waals surface area (Å²) in [5, 5.41) is 2.41. The van der Waals surface area contributed by atoms with Gasteiger partial charge in [0, 0.05) is 24.0 Å². The van der Waals surface area contributed by atoms with E-state index in [0.29, 0.717) is 5.75 Å². The monoisotopic (exact) mass is 333 g/mol. The molecule has 1 aromatic carbocycles. The fourth-order valence-corrected chi connectivity index (χ4v) is 1.83. The van der Waals surface area contributed by atoms with E-state index >= 15 is 0 Å². The molecule has 8 heteroatoms. The summed E-state index contributed by atoms with van der Waals surface area (Å²) in [6, 6.07) is 6.88. The van der Waals surface area contributed by atoms with Crippen molar-refractivity contribution in [2.24, 2.45) is 0 Å². The molecule has 2 aromatic rings. The summed E-state index contributed by atoms with van der Waals surface area (Å²) < 4.78 is 24.1.